The molecule has 0 bridgehead atoms. The van der Waals surface area contributed by atoms with Crippen molar-refractivity contribution in [2.75, 3.05) is 37.6 Å². The molecule has 0 aliphatic carbocycles. The molecule has 3 nitrogen and oxygen atoms in total. The van der Waals surface area contributed by atoms with Crippen molar-refractivity contribution in [3.8, 4) is 0 Å². The highest BCUT2D eigenvalue weighted by Crippen LogP contribution is 2.25. The molecule has 2 fully saturated rings. The van der Waals surface area contributed by atoms with E-state index >= 15 is 0 Å². The van der Waals surface area contributed by atoms with Crippen LogP contribution in [0.25, 0.3) is 0 Å². The van der Waals surface area contributed by atoms with Crippen LogP contribution < -0.4 is 10.6 Å². The van der Waals surface area contributed by atoms with Gasteiger partial charge in [-0.05, 0) is 69.3 Å². The van der Waals surface area contributed by atoms with Crippen molar-refractivity contribution >= 4 is 5.69 Å². The van der Waals surface area contributed by atoms with Crippen LogP contribution in [-0.2, 0) is 0 Å². The quantitative estimate of drug-likeness (QED) is 0.924. The summed E-state index contributed by atoms with van der Waals surface area (Å²) in [7, 11) is 0. The first-order chi connectivity index (χ1) is 10.2. The van der Waals surface area contributed by atoms with Crippen molar-refractivity contribution in [2.24, 2.45) is 11.7 Å². The number of anilines is 1. The Balaban J connectivity index is 1.50. The van der Waals surface area contributed by atoms with Gasteiger partial charge in [-0.3, -0.25) is 0 Å². The Hall–Kier alpha value is -1.06. The van der Waals surface area contributed by atoms with Crippen LogP contribution in [0.2, 0.25) is 0 Å². The van der Waals surface area contributed by atoms with Crippen molar-refractivity contribution in [3.63, 3.8) is 0 Å². The molecule has 2 aliphatic rings. The standard InChI is InChI=1S/C18H29N3/c1-15(19)17-4-6-18(7-5-17)21-12-8-16(9-13-21)14-20-10-2-3-11-20/h4-7,15-16H,2-3,8-14,19H2,1H3/t15-/m1/s1. The molecule has 2 N–H and O–H groups in total. The molecule has 0 amide bonds. The van der Waals surface area contributed by atoms with Crippen LogP contribution >= 0.6 is 0 Å². The van der Waals surface area contributed by atoms with E-state index in [1.54, 1.807) is 0 Å². The first-order valence-electron chi connectivity index (χ1n) is 8.55. The molecule has 1 aromatic rings. The largest absolute Gasteiger partial charge is 0.372 e. The fraction of sp³-hybridized carbons (Fsp3) is 0.667. The zero-order valence-electron chi connectivity index (χ0n) is 13.3. The molecule has 0 saturated carbocycles. The van der Waals surface area contributed by atoms with Gasteiger partial charge in [0.2, 0.25) is 0 Å². The predicted molar refractivity (Wildman–Crippen MR) is 89.7 cm³/mol. The topological polar surface area (TPSA) is 32.5 Å². The SMILES string of the molecule is C[C@@H](N)c1ccc(N2CCC(CN3CCCC3)CC2)cc1. The molecule has 1 aromatic carbocycles. The van der Waals surface area contributed by atoms with E-state index in [-0.39, 0.29) is 6.04 Å². The van der Waals surface area contributed by atoms with E-state index < -0.39 is 0 Å². The van der Waals surface area contributed by atoms with Gasteiger partial charge >= 0.3 is 0 Å². The molecule has 0 unspecified atom stereocenters. The van der Waals surface area contributed by atoms with Crippen LogP contribution in [0, 0.1) is 5.92 Å². The predicted octanol–water partition coefficient (Wildman–Crippen LogP) is 3.02. The number of piperidine rings is 1. The zero-order chi connectivity index (χ0) is 14.7. The summed E-state index contributed by atoms with van der Waals surface area (Å²) < 4.78 is 0. The summed E-state index contributed by atoms with van der Waals surface area (Å²) in [5.41, 5.74) is 8.50. The molecular formula is C18H29N3. The lowest BCUT2D eigenvalue weighted by Gasteiger charge is -2.35. The zero-order valence-corrected chi connectivity index (χ0v) is 13.3. The summed E-state index contributed by atoms with van der Waals surface area (Å²) >= 11 is 0. The van der Waals surface area contributed by atoms with Gasteiger partial charge in [0.25, 0.3) is 0 Å². The van der Waals surface area contributed by atoms with Crippen LogP contribution in [0.1, 0.15) is 44.2 Å². The smallest absolute Gasteiger partial charge is 0.0366 e. The molecule has 3 heteroatoms. The molecule has 0 radical (unpaired) electrons. The van der Waals surface area contributed by atoms with Gasteiger partial charge in [0.1, 0.15) is 0 Å². The highest BCUT2D eigenvalue weighted by atomic mass is 15.2. The van der Waals surface area contributed by atoms with Gasteiger partial charge in [-0.15, -0.1) is 0 Å². The van der Waals surface area contributed by atoms with Gasteiger partial charge < -0.3 is 15.5 Å². The number of nitrogens with zero attached hydrogens (tertiary/aromatic N) is 2. The van der Waals surface area contributed by atoms with E-state index in [4.69, 9.17) is 5.73 Å². The molecule has 2 saturated heterocycles. The summed E-state index contributed by atoms with van der Waals surface area (Å²) in [4.78, 5) is 5.20. The van der Waals surface area contributed by atoms with Crippen molar-refractivity contribution in [1.29, 1.82) is 0 Å². The van der Waals surface area contributed by atoms with Crippen molar-refractivity contribution in [1.82, 2.24) is 4.90 Å². The van der Waals surface area contributed by atoms with E-state index in [1.807, 2.05) is 6.92 Å². The Morgan fingerprint density at radius 3 is 2.24 bits per heavy atom. The Kier molecular flexibility index (Phi) is 4.81. The third-order valence-corrected chi connectivity index (χ3v) is 5.11. The van der Waals surface area contributed by atoms with Gasteiger partial charge in [0, 0.05) is 31.4 Å². The molecule has 1 atom stereocenters. The van der Waals surface area contributed by atoms with Gasteiger partial charge in [-0.25, -0.2) is 0 Å². The Labute approximate surface area is 129 Å². The Bertz CT molecular complexity index is 426. The number of likely N-dealkylation sites (tertiary alicyclic amines) is 1. The van der Waals surface area contributed by atoms with Gasteiger partial charge in [0.05, 0.1) is 0 Å². The highest BCUT2D eigenvalue weighted by molar-refractivity contribution is 5.48. The Morgan fingerprint density at radius 2 is 1.67 bits per heavy atom. The van der Waals surface area contributed by atoms with Crippen molar-refractivity contribution in [3.05, 3.63) is 29.8 Å². The van der Waals surface area contributed by atoms with Crippen LogP contribution in [0.3, 0.4) is 0 Å². The van der Waals surface area contributed by atoms with Gasteiger partial charge in [0.15, 0.2) is 0 Å². The van der Waals surface area contributed by atoms with Gasteiger partial charge in [-0.1, -0.05) is 12.1 Å². The minimum Gasteiger partial charge on any atom is -0.372 e. The molecule has 0 aromatic heterocycles. The van der Waals surface area contributed by atoms with Crippen LogP contribution in [-0.4, -0.2) is 37.6 Å². The Morgan fingerprint density at radius 1 is 1.05 bits per heavy atom. The highest BCUT2D eigenvalue weighted by Gasteiger charge is 2.22. The van der Waals surface area contributed by atoms with Gasteiger partial charge in [-0.2, -0.15) is 0 Å². The molecule has 21 heavy (non-hydrogen) atoms. The second kappa shape index (κ2) is 6.80. The lowest BCUT2D eigenvalue weighted by Crippen LogP contribution is -2.38. The third-order valence-electron chi connectivity index (χ3n) is 5.11. The van der Waals surface area contributed by atoms with Crippen LogP contribution in [0.4, 0.5) is 5.69 Å². The van der Waals surface area contributed by atoms with E-state index in [2.05, 4.69) is 34.1 Å². The number of benzene rings is 1. The number of hydrogen-bond acceptors (Lipinski definition) is 3. The number of rotatable bonds is 4. The second-order valence-corrected chi connectivity index (χ2v) is 6.82. The molecular weight excluding hydrogens is 258 g/mol. The molecule has 116 valence electrons. The first-order valence-corrected chi connectivity index (χ1v) is 8.55. The van der Waals surface area contributed by atoms with Crippen molar-refractivity contribution in [2.45, 2.75) is 38.6 Å². The molecule has 3 rings (SSSR count). The van der Waals surface area contributed by atoms with E-state index in [0.717, 1.165) is 5.92 Å². The summed E-state index contributed by atoms with van der Waals surface area (Å²) in [5, 5.41) is 0. The molecule has 2 heterocycles. The van der Waals surface area contributed by atoms with E-state index in [9.17, 15) is 0 Å². The maximum absolute atomic E-state index is 5.92. The maximum atomic E-state index is 5.92. The second-order valence-electron chi connectivity index (χ2n) is 6.82. The summed E-state index contributed by atoms with van der Waals surface area (Å²) in [5.74, 6) is 0.905. The summed E-state index contributed by atoms with van der Waals surface area (Å²) in [6.07, 6.45) is 5.49. The van der Waals surface area contributed by atoms with Crippen molar-refractivity contribution < 1.29 is 0 Å². The third kappa shape index (κ3) is 3.78. The maximum Gasteiger partial charge on any atom is 0.0366 e. The first kappa shape index (κ1) is 14.9. The minimum absolute atomic E-state index is 0.130. The van der Waals surface area contributed by atoms with E-state index in [0.29, 0.717) is 0 Å². The number of nitrogens with two attached hydrogens (primary N) is 1. The average Bonchev–Trinajstić information content (AvgIpc) is 3.01. The lowest BCUT2D eigenvalue weighted by molar-refractivity contribution is 0.249. The van der Waals surface area contributed by atoms with E-state index in [1.165, 1.54) is 69.7 Å². The lowest BCUT2D eigenvalue weighted by atomic mass is 9.95. The minimum atomic E-state index is 0.130. The number of hydrogen-bond donors (Lipinski definition) is 1. The normalized spacial score (nSPS) is 22.7. The van der Waals surface area contributed by atoms with Crippen LogP contribution in [0.5, 0.6) is 0 Å². The fourth-order valence-electron chi connectivity index (χ4n) is 3.69. The summed E-state index contributed by atoms with van der Waals surface area (Å²) in [6.45, 7) is 8.44. The summed E-state index contributed by atoms with van der Waals surface area (Å²) in [6, 6.07) is 8.95. The average molecular weight is 287 g/mol. The fourth-order valence-corrected chi connectivity index (χ4v) is 3.69. The monoisotopic (exact) mass is 287 g/mol. The molecule has 2 aliphatic heterocycles. The molecule has 0 spiro atoms. The van der Waals surface area contributed by atoms with Crippen LogP contribution in [0.15, 0.2) is 24.3 Å².